The van der Waals surface area contributed by atoms with Crippen LogP contribution in [0.2, 0.25) is 10.0 Å². The molecule has 8 nitrogen and oxygen atoms in total. The molecule has 0 radical (unpaired) electrons. The summed E-state index contributed by atoms with van der Waals surface area (Å²) in [7, 11) is 0. The van der Waals surface area contributed by atoms with E-state index in [1.54, 1.807) is 42.7 Å². The summed E-state index contributed by atoms with van der Waals surface area (Å²) in [6.45, 7) is 0. The first kappa shape index (κ1) is 39.9. The lowest BCUT2D eigenvalue weighted by atomic mass is 9.82. The molecule has 2 heterocycles. The van der Waals surface area contributed by atoms with E-state index in [2.05, 4.69) is 60.2 Å². The molecule has 2 aromatic heterocycles. The van der Waals surface area contributed by atoms with E-state index in [1.807, 2.05) is 54.6 Å². The van der Waals surface area contributed by atoms with E-state index in [-0.39, 0.29) is 23.9 Å². The molecule has 11 heteroatoms. The predicted molar refractivity (Wildman–Crippen MR) is 220 cm³/mol. The summed E-state index contributed by atoms with van der Waals surface area (Å²) in [6.07, 6.45) is 9.94. The molecule has 4 N–H and O–H groups in total. The van der Waals surface area contributed by atoms with E-state index in [9.17, 15) is 19.8 Å². The van der Waals surface area contributed by atoms with Crippen molar-refractivity contribution in [1.82, 2.24) is 20.6 Å². The van der Waals surface area contributed by atoms with Gasteiger partial charge < -0.3 is 20.8 Å². The van der Waals surface area contributed by atoms with Crippen molar-refractivity contribution in [2.24, 2.45) is 0 Å². The summed E-state index contributed by atoms with van der Waals surface area (Å²) in [5.41, 5.74) is 0.161. The highest BCUT2D eigenvalue weighted by Crippen LogP contribution is 2.30. The normalized spacial score (nSPS) is 21.7. The third-order valence-corrected chi connectivity index (χ3v) is 10.4. The zero-order chi connectivity index (χ0) is 38.8. The van der Waals surface area contributed by atoms with Crippen molar-refractivity contribution in [2.75, 3.05) is 0 Å². The summed E-state index contributed by atoms with van der Waals surface area (Å²) >= 11 is 15.3. The lowest BCUT2D eigenvalue weighted by molar-refractivity contribution is 0.0443. The molecule has 0 bridgehead atoms. The van der Waals surface area contributed by atoms with Gasteiger partial charge in [0.2, 0.25) is 0 Å². The van der Waals surface area contributed by atoms with Crippen LogP contribution in [0.25, 0.3) is 10.8 Å². The Morgan fingerprint density at radius 1 is 0.745 bits per heavy atom. The highest BCUT2D eigenvalue weighted by atomic mass is 79.9. The number of fused-ring (bicyclic) bond motifs is 1. The highest BCUT2D eigenvalue weighted by Gasteiger charge is 2.35. The summed E-state index contributed by atoms with van der Waals surface area (Å²) < 4.78 is 0.748. The summed E-state index contributed by atoms with van der Waals surface area (Å²) in [6, 6.07) is 25.5. The molecular formula is C44H39BrCl2N4O4. The van der Waals surface area contributed by atoms with Crippen LogP contribution in [-0.4, -0.2) is 55.3 Å². The molecule has 0 spiro atoms. The van der Waals surface area contributed by atoms with Gasteiger partial charge in [-0.05, 0) is 108 Å². The van der Waals surface area contributed by atoms with Crippen LogP contribution in [0.1, 0.15) is 83.3 Å². The van der Waals surface area contributed by atoms with Gasteiger partial charge in [-0.1, -0.05) is 83.3 Å². The van der Waals surface area contributed by atoms with Gasteiger partial charge in [-0.2, -0.15) is 0 Å². The molecule has 2 fully saturated rings. The van der Waals surface area contributed by atoms with E-state index >= 15 is 0 Å². The van der Waals surface area contributed by atoms with Crippen LogP contribution in [0.3, 0.4) is 0 Å². The van der Waals surface area contributed by atoms with Crippen molar-refractivity contribution < 1.29 is 19.8 Å². The Bertz CT molecular complexity index is 2310. The number of hydrogen-bond acceptors (Lipinski definition) is 6. The lowest BCUT2D eigenvalue weighted by Gasteiger charge is -2.33. The maximum absolute atomic E-state index is 12.8. The van der Waals surface area contributed by atoms with Crippen molar-refractivity contribution in [3.8, 4) is 23.7 Å². The third kappa shape index (κ3) is 11.4. The fourth-order valence-corrected chi connectivity index (χ4v) is 7.59. The second-order valence-corrected chi connectivity index (χ2v) is 15.7. The molecule has 3 aromatic carbocycles. The second-order valence-electron chi connectivity index (χ2n) is 13.9. The number of amides is 2. The van der Waals surface area contributed by atoms with Crippen molar-refractivity contribution in [2.45, 2.75) is 74.7 Å². The van der Waals surface area contributed by atoms with E-state index in [1.165, 1.54) is 6.20 Å². The number of nitrogens with one attached hydrogen (secondary N) is 2. The Morgan fingerprint density at radius 3 is 1.91 bits per heavy atom. The van der Waals surface area contributed by atoms with Crippen LogP contribution >= 0.6 is 39.1 Å². The fraction of sp³-hybridized carbons (Fsp3) is 0.273. The topological polar surface area (TPSA) is 124 Å². The number of benzene rings is 3. The fourth-order valence-electron chi connectivity index (χ4n) is 6.85. The number of aromatic nitrogens is 2. The van der Waals surface area contributed by atoms with E-state index in [4.69, 9.17) is 23.2 Å². The van der Waals surface area contributed by atoms with Crippen LogP contribution in [0.5, 0.6) is 0 Å². The van der Waals surface area contributed by atoms with Crippen molar-refractivity contribution in [3.63, 3.8) is 0 Å². The maximum atomic E-state index is 12.8. The first-order valence-electron chi connectivity index (χ1n) is 18.0. The molecule has 2 aliphatic rings. The predicted octanol–water partition coefficient (Wildman–Crippen LogP) is 8.30. The number of carbonyl (C=O) groups is 2. The van der Waals surface area contributed by atoms with Gasteiger partial charge in [0, 0.05) is 74.5 Å². The van der Waals surface area contributed by atoms with Gasteiger partial charge in [0.1, 0.15) is 16.9 Å². The van der Waals surface area contributed by atoms with Gasteiger partial charge in [-0.3, -0.25) is 19.6 Å². The Labute approximate surface area is 339 Å². The second kappa shape index (κ2) is 18.3. The quantitative estimate of drug-likeness (QED) is 0.135. The van der Waals surface area contributed by atoms with Crippen LogP contribution in [-0.2, 0) is 0 Å². The SMILES string of the molecule is O=C(N[C@H]1CCC[C@@](O)(C#Cc2cccc(Cl)c2)C1)c1cncc(Br)c1.O=C(N[C@H]1CCC[C@@](O)(C#Cc2cccc(Cl)c2)C1)c1nccc2ccccc12. The third-order valence-electron chi connectivity index (χ3n) is 9.51. The number of carbonyl (C=O) groups excluding carboxylic acids is 2. The number of hydrogen-bond donors (Lipinski definition) is 4. The van der Waals surface area contributed by atoms with Gasteiger partial charge in [0.25, 0.3) is 11.8 Å². The average molecular weight is 839 g/mol. The zero-order valence-corrected chi connectivity index (χ0v) is 33.0. The Balaban J connectivity index is 0.000000188. The minimum Gasteiger partial charge on any atom is -0.378 e. The molecule has 280 valence electrons. The van der Waals surface area contributed by atoms with Crippen LogP contribution in [0, 0.1) is 23.7 Å². The standard InChI is InChI=1S/C24H21ClN2O2.C20H18BrClN2O2/c25-19-7-3-5-17(15-19)10-13-24(29)12-4-8-20(16-24)27-23(28)22-21-9-2-1-6-18(21)11-14-26-22;21-16-10-15(12-23-13-16)19(25)24-18-5-2-7-20(26,11-18)8-6-14-3-1-4-17(22)9-14/h1-3,5-7,9,11,14-15,20,29H,4,8,12,16H2,(H,27,28);1,3-4,9-10,12-13,18,26H,2,5,7,11H2,(H,24,25)/t20-,24+;18-,20+/m00/s1. The summed E-state index contributed by atoms with van der Waals surface area (Å²) in [5.74, 6) is 11.6. The smallest absolute Gasteiger partial charge is 0.270 e. The van der Waals surface area contributed by atoms with Crippen molar-refractivity contribution >= 4 is 61.7 Å². The molecule has 5 aromatic rings. The van der Waals surface area contributed by atoms with Gasteiger partial charge in [-0.15, -0.1) is 0 Å². The number of aliphatic hydroxyl groups is 2. The van der Waals surface area contributed by atoms with Crippen LogP contribution in [0.15, 0.2) is 108 Å². The molecule has 0 aliphatic heterocycles. The van der Waals surface area contributed by atoms with Crippen LogP contribution < -0.4 is 10.6 Å². The average Bonchev–Trinajstić information content (AvgIpc) is 3.17. The molecule has 0 unspecified atom stereocenters. The van der Waals surface area contributed by atoms with E-state index < -0.39 is 11.2 Å². The van der Waals surface area contributed by atoms with E-state index in [0.717, 1.165) is 52.1 Å². The molecule has 4 atom stereocenters. The molecule has 2 amide bonds. The van der Waals surface area contributed by atoms with E-state index in [0.29, 0.717) is 47.0 Å². The zero-order valence-electron chi connectivity index (χ0n) is 29.9. The first-order chi connectivity index (χ1) is 26.5. The largest absolute Gasteiger partial charge is 0.378 e. The Kier molecular flexibility index (Phi) is 13.3. The van der Waals surface area contributed by atoms with Crippen molar-refractivity contribution in [1.29, 1.82) is 0 Å². The number of nitrogens with zero attached hydrogens (tertiary/aromatic N) is 2. The monoisotopic (exact) mass is 836 g/mol. The van der Waals surface area contributed by atoms with Gasteiger partial charge in [-0.25, -0.2) is 0 Å². The molecule has 7 rings (SSSR count). The van der Waals surface area contributed by atoms with Gasteiger partial charge >= 0.3 is 0 Å². The molecule has 2 saturated carbocycles. The molecule has 2 aliphatic carbocycles. The number of pyridine rings is 2. The van der Waals surface area contributed by atoms with Gasteiger partial charge in [0.05, 0.1) is 5.56 Å². The first-order valence-corrected chi connectivity index (χ1v) is 19.6. The number of rotatable bonds is 4. The minimum absolute atomic E-state index is 0.131. The summed E-state index contributed by atoms with van der Waals surface area (Å²) in [4.78, 5) is 33.5. The van der Waals surface area contributed by atoms with Crippen LogP contribution in [0.4, 0.5) is 0 Å². The maximum Gasteiger partial charge on any atom is 0.270 e. The Hall–Kier alpha value is -4.74. The summed E-state index contributed by atoms with van der Waals surface area (Å²) in [5, 5.41) is 30.8. The molecule has 55 heavy (non-hydrogen) atoms. The Morgan fingerprint density at radius 2 is 1.33 bits per heavy atom. The van der Waals surface area contributed by atoms with Gasteiger partial charge in [0.15, 0.2) is 0 Å². The number of halogens is 3. The molecule has 0 saturated heterocycles. The molecular weight excluding hydrogens is 799 g/mol. The van der Waals surface area contributed by atoms with Crippen molar-refractivity contribution in [3.05, 3.63) is 140 Å². The minimum atomic E-state index is -1.13. The highest BCUT2D eigenvalue weighted by molar-refractivity contribution is 9.10. The lowest BCUT2D eigenvalue weighted by Crippen LogP contribution is -2.45.